The van der Waals surface area contributed by atoms with Gasteiger partial charge in [-0.1, -0.05) is 12.1 Å². The summed E-state index contributed by atoms with van der Waals surface area (Å²) < 4.78 is 13.7. The van der Waals surface area contributed by atoms with Crippen LogP contribution in [-0.4, -0.2) is 58.2 Å². The van der Waals surface area contributed by atoms with E-state index in [-0.39, 0.29) is 6.61 Å². The summed E-state index contributed by atoms with van der Waals surface area (Å²) in [5.41, 5.74) is 3.09. The predicted molar refractivity (Wildman–Crippen MR) is 117 cm³/mol. The first-order chi connectivity index (χ1) is 14.6. The van der Waals surface area contributed by atoms with E-state index in [4.69, 9.17) is 9.47 Å². The number of hydrogen-bond acceptors (Lipinski definition) is 7. The van der Waals surface area contributed by atoms with Crippen molar-refractivity contribution >= 4 is 22.0 Å². The summed E-state index contributed by atoms with van der Waals surface area (Å²) in [6.07, 6.45) is 2.43. The highest BCUT2D eigenvalue weighted by Gasteiger charge is 2.22. The highest BCUT2D eigenvalue weighted by Crippen LogP contribution is 2.31. The average molecular weight is 432 g/mol. The smallest absolute Gasteiger partial charge is 0.194 e. The molecule has 0 saturated carbocycles. The maximum absolute atomic E-state index is 10.5. The zero-order chi connectivity index (χ0) is 20.9. The van der Waals surface area contributed by atoms with E-state index in [0.717, 1.165) is 40.6 Å². The number of imidazole rings is 1. The molecule has 4 rings (SSSR count). The minimum Gasteiger partial charge on any atom is -0.491 e. The number of fused-ring (bicyclic) bond motifs is 2. The van der Waals surface area contributed by atoms with E-state index in [2.05, 4.69) is 14.3 Å². The van der Waals surface area contributed by atoms with Gasteiger partial charge in [0, 0.05) is 24.7 Å². The quantitative estimate of drug-likeness (QED) is 0.649. The number of aromatic nitrogens is 2. The van der Waals surface area contributed by atoms with Crippen molar-refractivity contribution in [1.82, 2.24) is 9.38 Å². The van der Waals surface area contributed by atoms with Crippen molar-refractivity contribution in [2.75, 3.05) is 31.3 Å². The van der Waals surface area contributed by atoms with E-state index in [1.54, 1.807) is 11.3 Å². The van der Waals surface area contributed by atoms with Crippen LogP contribution in [0.1, 0.15) is 30.7 Å². The van der Waals surface area contributed by atoms with Gasteiger partial charge in [0.1, 0.15) is 11.9 Å². The van der Waals surface area contributed by atoms with Crippen LogP contribution < -0.4 is 9.64 Å². The number of hydrogen-bond donors (Lipinski definition) is 2. The minimum atomic E-state index is -0.887. The normalized spacial score (nSPS) is 21.8. The molecule has 0 fully saturated rings. The van der Waals surface area contributed by atoms with Crippen LogP contribution in [0.3, 0.4) is 0 Å². The van der Waals surface area contributed by atoms with E-state index >= 15 is 0 Å². The summed E-state index contributed by atoms with van der Waals surface area (Å²) in [5, 5.41) is 22.8. The Morgan fingerprint density at radius 3 is 2.90 bits per heavy atom. The first-order valence-electron chi connectivity index (χ1n) is 10.4. The van der Waals surface area contributed by atoms with Gasteiger partial charge in [0.15, 0.2) is 4.96 Å². The number of anilines is 1. The van der Waals surface area contributed by atoms with Crippen LogP contribution in [0.5, 0.6) is 5.75 Å². The Hall–Kier alpha value is -2.13. The van der Waals surface area contributed by atoms with Gasteiger partial charge in [-0.25, -0.2) is 4.98 Å². The highest BCUT2D eigenvalue weighted by molar-refractivity contribution is 7.15. The van der Waals surface area contributed by atoms with Crippen LogP contribution in [0, 0.1) is 6.92 Å². The molecule has 7 nitrogen and oxygen atoms in total. The Morgan fingerprint density at radius 2 is 2.00 bits per heavy atom. The molecule has 0 bridgehead atoms. The van der Waals surface area contributed by atoms with E-state index < -0.39 is 12.2 Å². The molecule has 2 atom stereocenters. The van der Waals surface area contributed by atoms with Gasteiger partial charge in [-0.05, 0) is 38.3 Å². The molecule has 2 N–H and O–H groups in total. The lowest BCUT2D eigenvalue weighted by Gasteiger charge is -2.29. The third kappa shape index (κ3) is 4.78. The topological polar surface area (TPSA) is 79.5 Å². The molecule has 3 aromatic rings. The molecule has 0 radical (unpaired) electrons. The number of aryl methyl sites for hydroxylation is 1. The number of aliphatic hydroxyl groups is 2. The molecule has 0 aliphatic carbocycles. The molecule has 1 aliphatic rings. The molecular formula is C22H29N3O4S. The third-order valence-corrected chi connectivity index (χ3v) is 6.23. The standard InChI is InChI=1S/C22H29N3O4S/c1-16-18(25-10-13-30-22(25)23-16)14-24-9-8-19(26)20(27)15-28-11-4-5-12-29-21-7-3-2-6-17(21)24/h2-3,6-7,10,13,19-20,26-27H,4-5,8-9,11-12,14-15H2,1H3/t19-,20+/m0/s1. The maximum atomic E-state index is 10.5. The van der Waals surface area contributed by atoms with Crippen LogP contribution in [-0.2, 0) is 11.3 Å². The molecule has 0 saturated heterocycles. The molecule has 3 heterocycles. The van der Waals surface area contributed by atoms with Gasteiger partial charge in [0.2, 0.25) is 0 Å². The number of thiazole rings is 1. The predicted octanol–water partition coefficient (Wildman–Crippen LogP) is 3.01. The number of ether oxygens (including phenoxy) is 2. The van der Waals surface area contributed by atoms with Crippen LogP contribution in [0.4, 0.5) is 5.69 Å². The zero-order valence-electron chi connectivity index (χ0n) is 17.2. The third-order valence-electron chi connectivity index (χ3n) is 5.48. The van der Waals surface area contributed by atoms with Crippen molar-refractivity contribution < 1.29 is 19.7 Å². The first-order valence-corrected chi connectivity index (χ1v) is 11.3. The number of rotatable bonds is 2. The maximum Gasteiger partial charge on any atom is 0.194 e. The Labute approximate surface area is 180 Å². The lowest BCUT2D eigenvalue weighted by Crippen LogP contribution is -2.35. The van der Waals surface area contributed by atoms with Crippen molar-refractivity contribution in [2.24, 2.45) is 0 Å². The lowest BCUT2D eigenvalue weighted by molar-refractivity contribution is -0.0405. The summed E-state index contributed by atoms with van der Waals surface area (Å²) in [4.78, 5) is 7.84. The van der Waals surface area contributed by atoms with Gasteiger partial charge >= 0.3 is 0 Å². The SMILES string of the molecule is Cc1nc2sccn2c1CN1CC[C@H](O)[C@H](O)COCCCCOc2ccccc21. The molecule has 30 heavy (non-hydrogen) atoms. The van der Waals surface area contributed by atoms with E-state index in [9.17, 15) is 10.2 Å². The molecule has 1 aromatic carbocycles. The van der Waals surface area contributed by atoms with Gasteiger partial charge in [-0.3, -0.25) is 4.40 Å². The van der Waals surface area contributed by atoms with Crippen molar-refractivity contribution in [3.05, 3.63) is 47.2 Å². The second kappa shape index (κ2) is 9.78. The minimum absolute atomic E-state index is 0.149. The highest BCUT2D eigenvalue weighted by atomic mass is 32.1. The summed E-state index contributed by atoms with van der Waals surface area (Å²) in [7, 11) is 0. The molecular weight excluding hydrogens is 402 g/mol. The Balaban J connectivity index is 1.64. The van der Waals surface area contributed by atoms with E-state index in [1.807, 2.05) is 42.8 Å². The lowest BCUT2D eigenvalue weighted by atomic mass is 10.1. The van der Waals surface area contributed by atoms with Crippen LogP contribution in [0.15, 0.2) is 35.8 Å². The molecule has 8 heteroatoms. The fourth-order valence-electron chi connectivity index (χ4n) is 3.72. The average Bonchev–Trinajstić information content (AvgIpc) is 3.31. The molecule has 2 aromatic heterocycles. The zero-order valence-corrected chi connectivity index (χ0v) is 18.1. The summed E-state index contributed by atoms with van der Waals surface area (Å²) in [6.45, 7) is 4.53. The second-order valence-electron chi connectivity index (χ2n) is 7.64. The van der Waals surface area contributed by atoms with Crippen LogP contribution >= 0.6 is 11.3 Å². The van der Waals surface area contributed by atoms with Crippen LogP contribution in [0.25, 0.3) is 4.96 Å². The van der Waals surface area contributed by atoms with Crippen molar-refractivity contribution in [3.8, 4) is 5.75 Å². The largest absolute Gasteiger partial charge is 0.491 e. The van der Waals surface area contributed by atoms with Gasteiger partial charge in [-0.2, -0.15) is 0 Å². The van der Waals surface area contributed by atoms with Gasteiger partial charge in [0.25, 0.3) is 0 Å². The van der Waals surface area contributed by atoms with Crippen molar-refractivity contribution in [1.29, 1.82) is 0 Å². The number of benzene rings is 1. The van der Waals surface area contributed by atoms with Crippen molar-refractivity contribution in [2.45, 2.75) is 44.9 Å². The van der Waals surface area contributed by atoms with E-state index in [0.29, 0.717) is 32.7 Å². The first kappa shape index (κ1) is 21.1. The second-order valence-corrected chi connectivity index (χ2v) is 8.52. The molecule has 0 spiro atoms. The summed E-state index contributed by atoms with van der Waals surface area (Å²) in [6, 6.07) is 8.01. The monoisotopic (exact) mass is 431 g/mol. The summed E-state index contributed by atoms with van der Waals surface area (Å²) in [5.74, 6) is 0.828. The van der Waals surface area contributed by atoms with Crippen molar-refractivity contribution in [3.63, 3.8) is 0 Å². The van der Waals surface area contributed by atoms with Crippen LogP contribution in [0.2, 0.25) is 0 Å². The molecule has 0 amide bonds. The molecule has 0 unspecified atom stereocenters. The fraction of sp³-hybridized carbons (Fsp3) is 0.500. The number of aliphatic hydroxyl groups excluding tert-OH is 2. The summed E-state index contributed by atoms with van der Waals surface area (Å²) >= 11 is 1.62. The Morgan fingerprint density at radius 1 is 1.17 bits per heavy atom. The number of para-hydroxylation sites is 2. The van der Waals surface area contributed by atoms with Gasteiger partial charge in [-0.15, -0.1) is 11.3 Å². The Kier molecular flexibility index (Phi) is 6.89. The van der Waals surface area contributed by atoms with Gasteiger partial charge in [0.05, 0.1) is 42.9 Å². The Bertz CT molecular complexity index is 957. The number of nitrogens with zero attached hydrogens (tertiary/aromatic N) is 3. The van der Waals surface area contributed by atoms with E-state index in [1.165, 1.54) is 0 Å². The molecule has 162 valence electrons. The fourth-order valence-corrected chi connectivity index (χ4v) is 4.50. The molecule has 1 aliphatic heterocycles. The van der Waals surface area contributed by atoms with Gasteiger partial charge < -0.3 is 24.6 Å².